The van der Waals surface area contributed by atoms with Crippen molar-refractivity contribution < 1.29 is 20.4 Å². The second kappa shape index (κ2) is 8.52. The van der Waals surface area contributed by atoms with Crippen LogP contribution in [0.4, 0.5) is 0 Å². The number of hydrogen-bond donors (Lipinski definition) is 4. The van der Waals surface area contributed by atoms with Gasteiger partial charge in [0.05, 0.1) is 24.4 Å². The van der Waals surface area contributed by atoms with Crippen LogP contribution in [0.3, 0.4) is 0 Å². The van der Waals surface area contributed by atoms with Gasteiger partial charge in [0.15, 0.2) is 0 Å². The first-order valence-electron chi connectivity index (χ1n) is 13.1. The predicted molar refractivity (Wildman–Crippen MR) is 128 cm³/mol. The molecule has 4 aliphatic carbocycles. The van der Waals surface area contributed by atoms with Crippen molar-refractivity contribution in [2.45, 2.75) is 103 Å². The van der Waals surface area contributed by atoms with Crippen LogP contribution in [0.25, 0.3) is 0 Å². The van der Waals surface area contributed by atoms with Crippen molar-refractivity contribution in [2.75, 3.05) is 6.61 Å². The number of aliphatic hydroxyl groups is 4. The molecule has 4 N–H and O–H groups in total. The van der Waals surface area contributed by atoms with Gasteiger partial charge in [0.2, 0.25) is 0 Å². The Morgan fingerprint density at radius 1 is 1.12 bits per heavy atom. The number of fused-ring (bicyclic) bond motifs is 5. The summed E-state index contributed by atoms with van der Waals surface area (Å²) in [5.41, 5.74) is 0.505. The zero-order valence-electron chi connectivity index (χ0n) is 20.7. The standard InChI is InChI=1S/C28H46O4/c1-17(2)18(3)6-7-19(4)22-8-9-23-25-24(31)15-20-14-21(30)10-11-27(20,16-29)28(25,32)13-12-26(22,23)5/h15,17,19,21-25,29-32H,3,6-14,16H2,1-2,4-5H3/t19-,21+,22-,23?,24+,25?,26-,27-,28-/m1/s1. The summed E-state index contributed by atoms with van der Waals surface area (Å²) in [7, 11) is 0. The summed E-state index contributed by atoms with van der Waals surface area (Å²) in [6.45, 7) is 13.4. The van der Waals surface area contributed by atoms with Gasteiger partial charge in [0.1, 0.15) is 0 Å². The molecular weight excluding hydrogens is 400 g/mol. The fraction of sp³-hybridized carbons (Fsp3) is 0.857. The Kier molecular flexibility index (Phi) is 6.51. The van der Waals surface area contributed by atoms with E-state index in [0.717, 1.165) is 37.7 Å². The molecule has 0 bridgehead atoms. The van der Waals surface area contributed by atoms with E-state index in [0.29, 0.717) is 43.4 Å². The van der Waals surface area contributed by atoms with Gasteiger partial charge in [-0.15, -0.1) is 0 Å². The SMILES string of the molecule is C=C(CC[C@@H](C)[C@H]1CCC2C3[C@@H](O)C=C4C[C@@H](O)CC[C@]4(CO)[C@@]3(O)CC[C@@]21C)C(C)C. The monoisotopic (exact) mass is 446 g/mol. The normalized spacial score (nSPS) is 46.8. The minimum absolute atomic E-state index is 0.104. The second-order valence-corrected chi connectivity index (χ2v) is 12.4. The van der Waals surface area contributed by atoms with Crippen LogP contribution in [-0.2, 0) is 0 Å². The average molecular weight is 447 g/mol. The quantitative estimate of drug-likeness (QED) is 0.449. The van der Waals surface area contributed by atoms with Gasteiger partial charge >= 0.3 is 0 Å². The third-order valence-corrected chi connectivity index (χ3v) is 10.7. The molecule has 0 amide bonds. The molecule has 32 heavy (non-hydrogen) atoms. The maximum absolute atomic E-state index is 12.3. The van der Waals surface area contributed by atoms with Gasteiger partial charge in [-0.05, 0) is 86.9 Å². The van der Waals surface area contributed by atoms with Crippen LogP contribution in [0.1, 0.15) is 85.5 Å². The zero-order chi connectivity index (χ0) is 23.5. The van der Waals surface area contributed by atoms with Crippen molar-refractivity contribution in [3.63, 3.8) is 0 Å². The number of allylic oxidation sites excluding steroid dienone is 1. The van der Waals surface area contributed by atoms with E-state index < -0.39 is 23.2 Å². The Morgan fingerprint density at radius 3 is 2.50 bits per heavy atom. The average Bonchev–Trinajstić information content (AvgIpc) is 3.08. The summed E-state index contributed by atoms with van der Waals surface area (Å²) in [5, 5.41) is 44.4. The third-order valence-electron chi connectivity index (χ3n) is 10.7. The molecule has 4 heteroatoms. The van der Waals surface area contributed by atoms with Gasteiger partial charge in [-0.25, -0.2) is 0 Å². The smallest absolute Gasteiger partial charge is 0.0821 e. The molecule has 0 radical (unpaired) electrons. The molecule has 182 valence electrons. The molecule has 2 unspecified atom stereocenters. The highest BCUT2D eigenvalue weighted by Crippen LogP contribution is 2.68. The van der Waals surface area contributed by atoms with Crippen LogP contribution in [0, 0.1) is 40.4 Å². The molecule has 0 spiro atoms. The van der Waals surface area contributed by atoms with Crippen molar-refractivity contribution in [3.05, 3.63) is 23.8 Å². The highest BCUT2D eigenvalue weighted by Gasteiger charge is 2.68. The van der Waals surface area contributed by atoms with Crippen LogP contribution >= 0.6 is 0 Å². The van der Waals surface area contributed by atoms with E-state index in [1.165, 1.54) is 5.57 Å². The Bertz CT molecular complexity index is 759. The topological polar surface area (TPSA) is 80.9 Å². The third kappa shape index (κ3) is 3.47. The van der Waals surface area contributed by atoms with E-state index >= 15 is 0 Å². The molecule has 4 aliphatic rings. The molecule has 0 heterocycles. The number of hydrogen-bond acceptors (Lipinski definition) is 4. The highest BCUT2D eigenvalue weighted by atomic mass is 16.3. The Morgan fingerprint density at radius 2 is 1.84 bits per heavy atom. The van der Waals surface area contributed by atoms with Crippen LogP contribution in [0.15, 0.2) is 23.8 Å². The molecule has 0 aliphatic heterocycles. The zero-order valence-corrected chi connectivity index (χ0v) is 20.7. The predicted octanol–water partition coefficient (Wildman–Crippen LogP) is 4.61. The minimum Gasteiger partial charge on any atom is -0.395 e. The van der Waals surface area contributed by atoms with Crippen molar-refractivity contribution in [1.29, 1.82) is 0 Å². The molecule has 0 aromatic carbocycles. The molecule has 0 aromatic heterocycles. The van der Waals surface area contributed by atoms with E-state index in [1.807, 2.05) is 6.08 Å². The van der Waals surface area contributed by atoms with Crippen LogP contribution < -0.4 is 0 Å². The molecule has 4 nitrogen and oxygen atoms in total. The summed E-state index contributed by atoms with van der Waals surface area (Å²) in [4.78, 5) is 0. The summed E-state index contributed by atoms with van der Waals surface area (Å²) in [5.74, 6) is 1.73. The highest BCUT2D eigenvalue weighted by molar-refractivity contribution is 5.34. The Balaban J connectivity index is 1.61. The molecule has 4 rings (SSSR count). The molecule has 3 saturated carbocycles. The largest absolute Gasteiger partial charge is 0.395 e. The first-order chi connectivity index (χ1) is 15.0. The van der Waals surface area contributed by atoms with Crippen molar-refractivity contribution in [1.82, 2.24) is 0 Å². The molecule has 9 atom stereocenters. The number of aliphatic hydroxyl groups excluding tert-OH is 3. The van der Waals surface area contributed by atoms with Crippen molar-refractivity contribution >= 4 is 0 Å². The molecule has 0 saturated heterocycles. The van der Waals surface area contributed by atoms with Crippen LogP contribution in [-0.4, -0.2) is 44.8 Å². The van der Waals surface area contributed by atoms with Crippen molar-refractivity contribution in [2.24, 2.45) is 40.4 Å². The van der Waals surface area contributed by atoms with Crippen LogP contribution in [0.2, 0.25) is 0 Å². The van der Waals surface area contributed by atoms with Crippen LogP contribution in [0.5, 0.6) is 0 Å². The maximum Gasteiger partial charge on any atom is 0.0821 e. The van der Waals surface area contributed by atoms with Crippen molar-refractivity contribution in [3.8, 4) is 0 Å². The second-order valence-electron chi connectivity index (χ2n) is 12.4. The molecule has 3 fully saturated rings. The fourth-order valence-corrected chi connectivity index (χ4v) is 8.60. The Labute approximate surface area is 194 Å². The van der Waals surface area contributed by atoms with E-state index in [2.05, 4.69) is 34.3 Å². The lowest BCUT2D eigenvalue weighted by molar-refractivity contribution is -0.226. The minimum atomic E-state index is -1.10. The maximum atomic E-state index is 12.3. The van der Waals surface area contributed by atoms with E-state index in [1.54, 1.807) is 0 Å². The Hall–Kier alpha value is -0.680. The van der Waals surface area contributed by atoms with Gasteiger partial charge in [-0.1, -0.05) is 51.5 Å². The fourth-order valence-electron chi connectivity index (χ4n) is 8.60. The van der Waals surface area contributed by atoms with Gasteiger partial charge in [-0.2, -0.15) is 0 Å². The van der Waals surface area contributed by atoms with Gasteiger partial charge in [-0.3, -0.25) is 0 Å². The van der Waals surface area contributed by atoms with E-state index in [4.69, 9.17) is 0 Å². The van der Waals surface area contributed by atoms with Gasteiger partial charge in [0, 0.05) is 11.3 Å². The molecular formula is C28H46O4. The first-order valence-corrected chi connectivity index (χ1v) is 13.1. The lowest BCUT2D eigenvalue weighted by Gasteiger charge is -2.64. The summed E-state index contributed by atoms with van der Waals surface area (Å²) >= 11 is 0. The van der Waals surface area contributed by atoms with E-state index in [9.17, 15) is 20.4 Å². The summed E-state index contributed by atoms with van der Waals surface area (Å²) in [6.07, 6.45) is 8.37. The van der Waals surface area contributed by atoms with E-state index in [-0.39, 0.29) is 23.9 Å². The van der Waals surface area contributed by atoms with Gasteiger partial charge in [0.25, 0.3) is 0 Å². The molecule has 0 aromatic rings. The number of rotatable bonds is 6. The summed E-state index contributed by atoms with van der Waals surface area (Å²) < 4.78 is 0. The van der Waals surface area contributed by atoms with Gasteiger partial charge < -0.3 is 20.4 Å². The first kappa shape index (κ1) is 24.4. The lowest BCUT2D eigenvalue weighted by atomic mass is 9.43. The lowest BCUT2D eigenvalue weighted by Crippen LogP contribution is -2.68. The summed E-state index contributed by atoms with van der Waals surface area (Å²) in [6, 6.07) is 0.